The maximum Gasteiger partial charge on any atom is 0.322 e. The number of halogens is 2. The summed E-state index contributed by atoms with van der Waals surface area (Å²) in [5, 5.41) is 2.68. The van der Waals surface area contributed by atoms with Crippen LogP contribution in [0.4, 0.5) is 19.3 Å². The van der Waals surface area contributed by atoms with Crippen molar-refractivity contribution in [1.29, 1.82) is 0 Å². The van der Waals surface area contributed by atoms with Gasteiger partial charge < -0.3 is 14.8 Å². The summed E-state index contributed by atoms with van der Waals surface area (Å²) < 4.78 is 27.8. The molecule has 7 heteroatoms. The maximum atomic E-state index is 13.3. The van der Waals surface area contributed by atoms with E-state index >= 15 is 0 Å². The number of carbonyl (C=O) groups excluding carboxylic acids is 1. The molecule has 1 aromatic carbocycles. The quantitative estimate of drug-likeness (QED) is 0.931. The number of anilines is 1. The van der Waals surface area contributed by atoms with E-state index in [1.54, 1.807) is 20.2 Å². The number of hydrogen-bond acceptors (Lipinski definition) is 2. The normalized spacial score (nSPS) is 11.9. The van der Waals surface area contributed by atoms with E-state index in [9.17, 15) is 18.4 Å². The first-order valence-electron chi connectivity index (χ1n) is 7.52. The summed E-state index contributed by atoms with van der Waals surface area (Å²) in [5.74, 6) is -1.89. The molecule has 5 nitrogen and oxygen atoms in total. The summed E-state index contributed by atoms with van der Waals surface area (Å²) in [6.07, 6.45) is 1.55. The lowest BCUT2D eigenvalue weighted by Gasteiger charge is -2.25. The molecule has 1 heterocycles. The SMILES string of the molecule is CCn1cc(NC(=O)N(C)[C@H](C)c2ccc(F)c(F)c2)ccc1=O. The minimum Gasteiger partial charge on any atom is -0.321 e. The van der Waals surface area contributed by atoms with Crippen molar-refractivity contribution in [1.82, 2.24) is 9.47 Å². The van der Waals surface area contributed by atoms with Gasteiger partial charge in [0.1, 0.15) is 0 Å². The molecule has 0 saturated carbocycles. The molecule has 2 amide bonds. The van der Waals surface area contributed by atoms with E-state index in [0.717, 1.165) is 12.1 Å². The third-order valence-electron chi connectivity index (χ3n) is 3.90. The Hall–Kier alpha value is -2.70. The number of rotatable bonds is 4. The molecule has 1 aromatic heterocycles. The molecular formula is C17H19F2N3O2. The molecule has 0 aliphatic rings. The number of carbonyl (C=O) groups is 1. The van der Waals surface area contributed by atoms with E-state index in [1.165, 1.54) is 27.7 Å². The van der Waals surface area contributed by atoms with Gasteiger partial charge in [-0.25, -0.2) is 13.6 Å². The van der Waals surface area contributed by atoms with Crippen molar-refractivity contribution in [2.75, 3.05) is 12.4 Å². The lowest BCUT2D eigenvalue weighted by molar-refractivity contribution is 0.208. The molecule has 2 rings (SSSR count). The molecular weight excluding hydrogens is 316 g/mol. The Labute approximate surface area is 138 Å². The summed E-state index contributed by atoms with van der Waals surface area (Å²) in [7, 11) is 1.55. The van der Waals surface area contributed by atoms with Crippen LogP contribution in [-0.2, 0) is 6.54 Å². The minimum atomic E-state index is -0.955. The number of hydrogen-bond donors (Lipinski definition) is 1. The second-order valence-corrected chi connectivity index (χ2v) is 5.43. The monoisotopic (exact) mass is 335 g/mol. The fourth-order valence-corrected chi connectivity index (χ4v) is 2.24. The summed E-state index contributed by atoms with van der Waals surface area (Å²) >= 11 is 0. The Morgan fingerprint density at radius 2 is 1.96 bits per heavy atom. The zero-order valence-electron chi connectivity index (χ0n) is 13.7. The Kier molecular flexibility index (Phi) is 5.33. The van der Waals surface area contributed by atoms with Crippen LogP contribution in [0, 0.1) is 11.6 Å². The van der Waals surface area contributed by atoms with Gasteiger partial charge in [-0.3, -0.25) is 4.79 Å². The van der Waals surface area contributed by atoms with Crippen LogP contribution >= 0.6 is 0 Å². The van der Waals surface area contributed by atoms with Crippen LogP contribution in [0.25, 0.3) is 0 Å². The number of pyridine rings is 1. The van der Waals surface area contributed by atoms with Gasteiger partial charge in [-0.15, -0.1) is 0 Å². The first-order chi connectivity index (χ1) is 11.3. The minimum absolute atomic E-state index is 0.154. The average molecular weight is 335 g/mol. The van der Waals surface area contributed by atoms with Gasteiger partial charge in [0.2, 0.25) is 0 Å². The number of urea groups is 1. The van der Waals surface area contributed by atoms with Gasteiger partial charge in [-0.05, 0) is 37.6 Å². The van der Waals surface area contributed by atoms with Gasteiger partial charge in [0.15, 0.2) is 11.6 Å². The number of benzene rings is 1. The van der Waals surface area contributed by atoms with Crippen LogP contribution in [0.2, 0.25) is 0 Å². The molecule has 0 aliphatic heterocycles. The largest absolute Gasteiger partial charge is 0.322 e. The molecule has 0 aliphatic carbocycles. The second-order valence-electron chi connectivity index (χ2n) is 5.43. The molecule has 0 radical (unpaired) electrons. The Morgan fingerprint density at radius 1 is 1.25 bits per heavy atom. The fourth-order valence-electron chi connectivity index (χ4n) is 2.24. The molecule has 24 heavy (non-hydrogen) atoms. The molecule has 0 fully saturated rings. The van der Waals surface area contributed by atoms with Gasteiger partial charge >= 0.3 is 6.03 Å². The van der Waals surface area contributed by atoms with Crippen molar-refractivity contribution < 1.29 is 13.6 Å². The highest BCUT2D eigenvalue weighted by atomic mass is 19.2. The Bertz CT molecular complexity index is 805. The van der Waals surface area contributed by atoms with Crippen LogP contribution in [0.15, 0.2) is 41.3 Å². The predicted octanol–water partition coefficient (Wildman–Crippen LogP) is 3.37. The van der Waals surface area contributed by atoms with Gasteiger partial charge in [-0.1, -0.05) is 6.07 Å². The van der Waals surface area contributed by atoms with Crippen LogP contribution in [0.5, 0.6) is 0 Å². The zero-order valence-corrected chi connectivity index (χ0v) is 13.7. The van der Waals surface area contributed by atoms with Crippen LogP contribution in [-0.4, -0.2) is 22.5 Å². The zero-order chi connectivity index (χ0) is 17.9. The molecule has 0 unspecified atom stereocenters. The van der Waals surface area contributed by atoms with E-state index in [-0.39, 0.29) is 5.56 Å². The number of aromatic nitrogens is 1. The number of aryl methyl sites for hydroxylation is 1. The average Bonchev–Trinajstić information content (AvgIpc) is 2.57. The highest BCUT2D eigenvalue weighted by Gasteiger charge is 2.19. The molecule has 1 atom stereocenters. The first kappa shape index (κ1) is 17.7. The van der Waals surface area contributed by atoms with E-state index in [0.29, 0.717) is 17.8 Å². The van der Waals surface area contributed by atoms with Crippen molar-refractivity contribution in [3.05, 3.63) is 64.1 Å². The summed E-state index contributed by atoms with van der Waals surface area (Å²) in [4.78, 5) is 25.2. The molecule has 128 valence electrons. The van der Waals surface area contributed by atoms with Crippen molar-refractivity contribution >= 4 is 11.7 Å². The summed E-state index contributed by atoms with van der Waals surface area (Å²) in [6.45, 7) is 4.02. The van der Waals surface area contributed by atoms with Crippen molar-refractivity contribution in [3.8, 4) is 0 Å². The third-order valence-corrected chi connectivity index (χ3v) is 3.90. The molecule has 0 bridgehead atoms. The second kappa shape index (κ2) is 7.25. The molecule has 0 saturated heterocycles. The third kappa shape index (κ3) is 3.79. The topological polar surface area (TPSA) is 54.3 Å². The lowest BCUT2D eigenvalue weighted by atomic mass is 10.1. The van der Waals surface area contributed by atoms with Crippen LogP contribution < -0.4 is 10.9 Å². The van der Waals surface area contributed by atoms with Crippen molar-refractivity contribution in [2.24, 2.45) is 0 Å². The van der Waals surface area contributed by atoms with Crippen molar-refractivity contribution in [3.63, 3.8) is 0 Å². The van der Waals surface area contributed by atoms with Crippen LogP contribution in [0.3, 0.4) is 0 Å². The van der Waals surface area contributed by atoms with Crippen LogP contribution in [0.1, 0.15) is 25.5 Å². The predicted molar refractivity (Wildman–Crippen MR) is 87.9 cm³/mol. The smallest absolute Gasteiger partial charge is 0.321 e. The van der Waals surface area contributed by atoms with E-state index in [2.05, 4.69) is 5.32 Å². The lowest BCUT2D eigenvalue weighted by Crippen LogP contribution is -2.34. The number of nitrogens with zero attached hydrogens (tertiary/aromatic N) is 2. The fraction of sp³-hybridized carbons (Fsp3) is 0.294. The number of amides is 2. The Balaban J connectivity index is 2.13. The van der Waals surface area contributed by atoms with E-state index in [4.69, 9.17) is 0 Å². The summed E-state index contributed by atoms with van der Waals surface area (Å²) in [6, 6.07) is 5.54. The number of nitrogens with one attached hydrogen (secondary N) is 1. The first-order valence-corrected chi connectivity index (χ1v) is 7.52. The molecule has 1 N–H and O–H groups in total. The Morgan fingerprint density at radius 3 is 2.58 bits per heavy atom. The van der Waals surface area contributed by atoms with Gasteiger partial charge in [0.25, 0.3) is 5.56 Å². The molecule has 0 spiro atoms. The van der Waals surface area contributed by atoms with E-state index < -0.39 is 23.7 Å². The molecule has 2 aromatic rings. The van der Waals surface area contributed by atoms with E-state index in [1.807, 2.05) is 6.92 Å². The highest BCUT2D eigenvalue weighted by Crippen LogP contribution is 2.21. The van der Waals surface area contributed by atoms with Gasteiger partial charge in [-0.2, -0.15) is 0 Å². The maximum absolute atomic E-state index is 13.3. The standard InChI is InChI=1S/C17H19F2N3O2/c1-4-22-10-13(6-8-16(22)23)20-17(24)21(3)11(2)12-5-7-14(18)15(19)9-12/h5-11H,4H2,1-3H3,(H,20,24)/t11-/m1/s1. The summed E-state index contributed by atoms with van der Waals surface area (Å²) in [5.41, 5.74) is 0.801. The van der Waals surface area contributed by atoms with Crippen molar-refractivity contribution in [2.45, 2.75) is 26.4 Å². The van der Waals surface area contributed by atoms with Gasteiger partial charge in [0, 0.05) is 25.9 Å². The highest BCUT2D eigenvalue weighted by molar-refractivity contribution is 5.89. The van der Waals surface area contributed by atoms with Gasteiger partial charge in [0.05, 0.1) is 11.7 Å².